The molecule has 0 saturated carbocycles. The molecule has 0 aliphatic rings. The molecule has 0 atom stereocenters. The van der Waals surface area contributed by atoms with Crippen molar-refractivity contribution in [3.63, 3.8) is 0 Å². The van der Waals surface area contributed by atoms with Gasteiger partial charge in [-0.2, -0.15) is 0 Å². The van der Waals surface area contributed by atoms with E-state index in [-0.39, 0.29) is 18.3 Å². The quantitative estimate of drug-likeness (QED) is 0.197. The van der Waals surface area contributed by atoms with Crippen molar-refractivity contribution in [1.82, 2.24) is 5.32 Å². The number of hydrogen-bond acceptors (Lipinski definition) is 6. The third-order valence-electron chi connectivity index (χ3n) is 5.42. The van der Waals surface area contributed by atoms with E-state index in [1.54, 1.807) is 74.5 Å². The number of carbonyl (C=O) groups excluding carboxylic acids is 3. The summed E-state index contributed by atoms with van der Waals surface area (Å²) in [6.45, 7) is 6.00. The first-order valence-electron chi connectivity index (χ1n) is 11.9. The number of amides is 1. The number of carbonyl (C=O) groups is 3. The van der Waals surface area contributed by atoms with Gasteiger partial charge in [-0.15, -0.1) is 0 Å². The monoisotopic (exact) mass is 523 g/mol. The Hall–Kier alpha value is -3.68. The number of ketones is 1. The van der Waals surface area contributed by atoms with Crippen LogP contribution in [-0.4, -0.2) is 43.0 Å². The molecule has 37 heavy (non-hydrogen) atoms. The van der Waals surface area contributed by atoms with Crippen molar-refractivity contribution < 1.29 is 28.6 Å². The molecule has 1 N–H and O–H groups in total. The number of ether oxygens (including phenoxy) is 3. The predicted octanol–water partition coefficient (Wildman–Crippen LogP) is 5.29. The number of nitrogens with one attached hydrogen (secondary N) is 1. The summed E-state index contributed by atoms with van der Waals surface area (Å²) in [4.78, 5) is 36.9. The highest BCUT2D eigenvalue weighted by Gasteiger charge is 2.32. The topological polar surface area (TPSA) is 90.9 Å². The molecule has 0 spiro atoms. The second-order valence-corrected chi connectivity index (χ2v) is 9.18. The summed E-state index contributed by atoms with van der Waals surface area (Å²) in [6.07, 6.45) is 0.633. The SMILES string of the molecule is CCOCC(=O)c1ccc(OC(=O)C(C)(C)Oc2ccc(CCNC(=O)c3ccc(Cl)cc3)cc2)cc1. The lowest BCUT2D eigenvalue weighted by molar-refractivity contribution is -0.149. The van der Waals surface area contributed by atoms with E-state index in [0.717, 1.165) is 5.56 Å². The van der Waals surface area contributed by atoms with E-state index in [1.165, 1.54) is 0 Å². The van der Waals surface area contributed by atoms with E-state index in [2.05, 4.69) is 5.32 Å². The van der Waals surface area contributed by atoms with Crippen LogP contribution in [0.1, 0.15) is 47.1 Å². The average Bonchev–Trinajstić information content (AvgIpc) is 2.89. The summed E-state index contributed by atoms with van der Waals surface area (Å²) in [7, 11) is 0. The molecule has 3 rings (SSSR count). The van der Waals surface area contributed by atoms with E-state index < -0.39 is 11.6 Å². The predicted molar refractivity (Wildman–Crippen MR) is 142 cm³/mol. The van der Waals surface area contributed by atoms with Gasteiger partial charge in [0.25, 0.3) is 5.91 Å². The van der Waals surface area contributed by atoms with Gasteiger partial charge in [-0.25, -0.2) is 4.79 Å². The van der Waals surface area contributed by atoms with Crippen molar-refractivity contribution in [2.24, 2.45) is 0 Å². The first-order valence-corrected chi connectivity index (χ1v) is 12.3. The Balaban J connectivity index is 1.48. The minimum Gasteiger partial charge on any atom is -0.476 e. The fourth-order valence-corrected chi connectivity index (χ4v) is 3.43. The van der Waals surface area contributed by atoms with Gasteiger partial charge in [0.1, 0.15) is 18.1 Å². The van der Waals surface area contributed by atoms with Crippen LogP contribution in [0.4, 0.5) is 0 Å². The lowest BCUT2D eigenvalue weighted by Crippen LogP contribution is -2.41. The molecular weight excluding hydrogens is 494 g/mol. The van der Waals surface area contributed by atoms with Crippen molar-refractivity contribution >= 4 is 29.3 Å². The Bertz CT molecular complexity index is 1200. The molecule has 7 nitrogen and oxygen atoms in total. The minimum absolute atomic E-state index is 0.00728. The van der Waals surface area contributed by atoms with Crippen LogP contribution in [-0.2, 0) is 16.0 Å². The summed E-state index contributed by atoms with van der Waals surface area (Å²) in [5, 5.41) is 3.46. The molecule has 3 aromatic rings. The van der Waals surface area contributed by atoms with Crippen molar-refractivity contribution in [3.05, 3.63) is 94.5 Å². The number of esters is 1. The lowest BCUT2D eigenvalue weighted by Gasteiger charge is -2.24. The summed E-state index contributed by atoms with van der Waals surface area (Å²) >= 11 is 5.85. The molecular formula is C29H30ClNO6. The Kier molecular flexibility index (Phi) is 9.83. The van der Waals surface area contributed by atoms with Gasteiger partial charge in [-0.3, -0.25) is 9.59 Å². The van der Waals surface area contributed by atoms with Gasteiger partial charge < -0.3 is 19.5 Å². The molecule has 3 aromatic carbocycles. The van der Waals surface area contributed by atoms with Gasteiger partial charge in [0.05, 0.1) is 0 Å². The second-order valence-electron chi connectivity index (χ2n) is 8.74. The van der Waals surface area contributed by atoms with Gasteiger partial charge in [0.2, 0.25) is 5.60 Å². The summed E-state index contributed by atoms with van der Waals surface area (Å²) in [6, 6.07) is 20.3. The van der Waals surface area contributed by atoms with Crippen LogP contribution < -0.4 is 14.8 Å². The van der Waals surface area contributed by atoms with Gasteiger partial charge in [0.15, 0.2) is 5.78 Å². The maximum Gasteiger partial charge on any atom is 0.355 e. The summed E-state index contributed by atoms with van der Waals surface area (Å²) < 4.78 is 16.5. The fourth-order valence-electron chi connectivity index (χ4n) is 3.30. The van der Waals surface area contributed by atoms with Gasteiger partial charge in [0, 0.05) is 29.3 Å². The fraction of sp³-hybridized carbons (Fsp3) is 0.276. The van der Waals surface area contributed by atoms with E-state index in [9.17, 15) is 14.4 Å². The number of halogens is 1. The molecule has 8 heteroatoms. The van der Waals surface area contributed by atoms with Crippen molar-refractivity contribution in [2.45, 2.75) is 32.8 Å². The Morgan fingerprint density at radius 1 is 0.838 bits per heavy atom. The van der Waals surface area contributed by atoms with E-state index in [4.69, 9.17) is 25.8 Å². The maximum atomic E-state index is 12.7. The maximum absolute atomic E-state index is 12.7. The number of benzene rings is 3. The highest BCUT2D eigenvalue weighted by atomic mass is 35.5. The first-order chi connectivity index (χ1) is 17.7. The summed E-state index contributed by atoms with van der Waals surface area (Å²) in [5.41, 5.74) is 0.780. The Labute approximate surface area is 221 Å². The van der Waals surface area contributed by atoms with Crippen molar-refractivity contribution in [1.29, 1.82) is 0 Å². The number of Topliss-reactive ketones (excluding diaryl/α,β-unsaturated/α-hetero) is 1. The van der Waals surface area contributed by atoms with Crippen LogP contribution in [0.25, 0.3) is 0 Å². The van der Waals surface area contributed by atoms with Crippen LogP contribution in [0.2, 0.25) is 5.02 Å². The molecule has 0 heterocycles. The second kappa shape index (κ2) is 13.0. The van der Waals surface area contributed by atoms with E-state index >= 15 is 0 Å². The standard InChI is InChI=1S/C29H30ClNO6/c1-4-35-19-26(32)21-9-15-24(16-10-21)36-28(34)29(2,3)37-25-13-5-20(6-14-25)17-18-31-27(33)22-7-11-23(30)12-8-22/h5-16H,4,17-19H2,1-3H3,(H,31,33). The molecule has 1 amide bonds. The Morgan fingerprint density at radius 3 is 2.05 bits per heavy atom. The van der Waals surface area contributed by atoms with Crippen LogP contribution in [0.5, 0.6) is 11.5 Å². The molecule has 0 saturated heterocycles. The number of rotatable bonds is 12. The highest BCUT2D eigenvalue weighted by Crippen LogP contribution is 2.22. The Morgan fingerprint density at radius 2 is 1.43 bits per heavy atom. The molecule has 0 fully saturated rings. The molecule has 0 aliphatic carbocycles. The molecule has 0 aromatic heterocycles. The smallest absolute Gasteiger partial charge is 0.355 e. The molecule has 0 radical (unpaired) electrons. The van der Waals surface area contributed by atoms with E-state index in [0.29, 0.717) is 47.2 Å². The van der Waals surface area contributed by atoms with Gasteiger partial charge in [-0.1, -0.05) is 23.7 Å². The first kappa shape index (κ1) is 27.9. The zero-order valence-electron chi connectivity index (χ0n) is 21.1. The zero-order chi connectivity index (χ0) is 26.8. The third-order valence-corrected chi connectivity index (χ3v) is 5.67. The van der Waals surface area contributed by atoms with Gasteiger partial charge >= 0.3 is 5.97 Å². The molecule has 0 aliphatic heterocycles. The molecule has 0 bridgehead atoms. The number of hydrogen-bond donors (Lipinski definition) is 1. The average molecular weight is 524 g/mol. The largest absolute Gasteiger partial charge is 0.476 e. The highest BCUT2D eigenvalue weighted by molar-refractivity contribution is 6.30. The van der Waals surface area contributed by atoms with Gasteiger partial charge in [-0.05, 0) is 93.4 Å². The third kappa shape index (κ3) is 8.44. The van der Waals surface area contributed by atoms with Crippen molar-refractivity contribution in [2.75, 3.05) is 19.8 Å². The van der Waals surface area contributed by atoms with Crippen LogP contribution in [0.15, 0.2) is 72.8 Å². The summed E-state index contributed by atoms with van der Waals surface area (Å²) in [5.74, 6) is -0.0623. The normalized spacial score (nSPS) is 11.0. The molecule has 194 valence electrons. The van der Waals surface area contributed by atoms with E-state index in [1.807, 2.05) is 19.1 Å². The van der Waals surface area contributed by atoms with Crippen molar-refractivity contribution in [3.8, 4) is 11.5 Å². The van der Waals surface area contributed by atoms with Crippen LogP contribution >= 0.6 is 11.6 Å². The zero-order valence-corrected chi connectivity index (χ0v) is 21.8. The molecule has 0 unspecified atom stereocenters. The van der Waals surface area contributed by atoms with Crippen LogP contribution in [0, 0.1) is 0 Å². The minimum atomic E-state index is -1.25. The lowest BCUT2D eigenvalue weighted by atomic mass is 10.1. The van der Waals surface area contributed by atoms with Crippen LogP contribution in [0.3, 0.4) is 0 Å².